The molecule has 0 unspecified atom stereocenters. The lowest BCUT2D eigenvalue weighted by Crippen LogP contribution is -2.47. The third kappa shape index (κ3) is 10.8. The Morgan fingerprint density at radius 3 is 2.22 bits per heavy atom. The molecule has 6 aromatic carbocycles. The lowest BCUT2D eigenvalue weighted by molar-refractivity contribution is -0.268. The summed E-state index contributed by atoms with van der Waals surface area (Å²) in [5.74, 6) is 0.172. The van der Waals surface area contributed by atoms with E-state index < -0.39 is 28.3 Å². The number of aliphatic hydroxyl groups is 1. The minimum absolute atomic E-state index is 0.0554. The Labute approximate surface area is 376 Å². The van der Waals surface area contributed by atoms with Crippen molar-refractivity contribution >= 4 is 27.7 Å². The van der Waals surface area contributed by atoms with Gasteiger partial charge in [0.2, 0.25) is 21.1 Å². The molecule has 1 fully saturated rings. The van der Waals surface area contributed by atoms with Gasteiger partial charge in [0.25, 0.3) is 0 Å². The average Bonchev–Trinajstić information content (AvgIpc) is 3.80. The summed E-state index contributed by atoms with van der Waals surface area (Å²) < 4.78 is 44.5. The summed E-state index contributed by atoms with van der Waals surface area (Å²) >= 11 is 1.47. The predicted octanol–water partition coefficient (Wildman–Crippen LogP) is 7.63. The monoisotopic (exact) mass is 896 g/mol. The molecule has 0 spiro atoms. The zero-order valence-corrected chi connectivity index (χ0v) is 36.8. The van der Waals surface area contributed by atoms with Crippen molar-refractivity contribution in [1.82, 2.24) is 30.2 Å². The van der Waals surface area contributed by atoms with E-state index in [-0.39, 0.29) is 48.3 Å². The molecule has 1 aliphatic heterocycles. The van der Waals surface area contributed by atoms with Crippen molar-refractivity contribution in [2.75, 3.05) is 5.75 Å². The maximum absolute atomic E-state index is 13.7. The van der Waals surface area contributed by atoms with E-state index in [0.717, 1.165) is 44.5 Å². The summed E-state index contributed by atoms with van der Waals surface area (Å²) in [6, 6.07) is 45.0. The Morgan fingerprint density at radius 2 is 1.50 bits per heavy atom. The van der Waals surface area contributed by atoms with E-state index >= 15 is 0 Å². The Morgan fingerprint density at radius 1 is 0.797 bits per heavy atom. The number of rotatable bonds is 16. The van der Waals surface area contributed by atoms with Crippen LogP contribution in [-0.4, -0.2) is 62.6 Å². The van der Waals surface area contributed by atoms with E-state index in [4.69, 9.17) is 9.47 Å². The van der Waals surface area contributed by atoms with Gasteiger partial charge in [-0.1, -0.05) is 133 Å². The van der Waals surface area contributed by atoms with Gasteiger partial charge in [-0.05, 0) is 99.6 Å². The topological polar surface area (TPSA) is 178 Å². The van der Waals surface area contributed by atoms with E-state index in [2.05, 4.69) is 32.5 Å². The molecule has 13 nitrogen and oxygen atoms in total. The summed E-state index contributed by atoms with van der Waals surface area (Å²) in [5.41, 5.74) is 7.80. The van der Waals surface area contributed by atoms with Crippen molar-refractivity contribution in [3.63, 3.8) is 0 Å². The highest BCUT2D eigenvalue weighted by atomic mass is 32.2. The third-order valence-electron chi connectivity index (χ3n) is 11.2. The number of nitrogens with zero attached hydrogens (tertiary/aromatic N) is 4. The minimum atomic E-state index is -3.98. The molecule has 0 saturated carbocycles. The van der Waals surface area contributed by atoms with E-state index in [9.17, 15) is 23.4 Å². The molecule has 0 aliphatic carbocycles. The van der Waals surface area contributed by atoms with Crippen LogP contribution in [0.15, 0.2) is 162 Å². The number of sulfonamides is 1. The van der Waals surface area contributed by atoms with Gasteiger partial charge in [-0.2, -0.15) is 9.40 Å². The Kier molecular flexibility index (Phi) is 13.9. The van der Waals surface area contributed by atoms with Gasteiger partial charge >= 0.3 is 0 Å². The number of hydrogen-bond acceptors (Lipinski definition) is 11. The molecular weight excluding hydrogens is 849 g/mol. The molecule has 8 rings (SSSR count). The number of carbonyl (C=O) groups is 1. The van der Waals surface area contributed by atoms with E-state index in [0.29, 0.717) is 16.6 Å². The van der Waals surface area contributed by atoms with Crippen LogP contribution in [0.1, 0.15) is 52.7 Å². The van der Waals surface area contributed by atoms with Crippen molar-refractivity contribution in [1.29, 1.82) is 0 Å². The van der Waals surface area contributed by atoms with Crippen LogP contribution in [0.25, 0.3) is 16.8 Å². The maximum atomic E-state index is 13.7. The van der Waals surface area contributed by atoms with Gasteiger partial charge in [0.05, 0.1) is 29.4 Å². The number of amides is 1. The summed E-state index contributed by atoms with van der Waals surface area (Å²) in [7, 11) is -3.98. The van der Waals surface area contributed by atoms with E-state index in [1.54, 1.807) is 41.1 Å². The van der Waals surface area contributed by atoms with Crippen LogP contribution in [0, 0.1) is 12.8 Å². The first-order valence-electron chi connectivity index (χ1n) is 20.8. The maximum Gasteiger partial charge on any atom is 0.241 e. The molecule has 64 heavy (non-hydrogen) atoms. The third-order valence-corrected chi connectivity index (χ3v) is 13.7. The average molecular weight is 897 g/mol. The molecule has 0 radical (unpaired) electrons. The fourth-order valence-corrected chi connectivity index (χ4v) is 9.76. The Bertz CT molecular complexity index is 2760. The second kappa shape index (κ2) is 20.1. The van der Waals surface area contributed by atoms with Gasteiger partial charge in [0, 0.05) is 23.8 Å². The van der Waals surface area contributed by atoms with Gasteiger partial charge in [-0.25, -0.2) is 8.42 Å². The first-order valence-corrected chi connectivity index (χ1v) is 23.3. The number of aliphatic hydroxyl groups excluding tert-OH is 1. The molecule has 328 valence electrons. The lowest BCUT2D eigenvalue weighted by Gasteiger charge is -2.41. The van der Waals surface area contributed by atoms with Gasteiger partial charge in [-0.3, -0.25) is 4.79 Å². The van der Waals surface area contributed by atoms with Crippen LogP contribution >= 0.6 is 11.8 Å². The van der Waals surface area contributed by atoms with E-state index in [1.807, 2.05) is 110 Å². The number of aromatic nitrogens is 4. The molecular formula is C49H48N6O7S2. The van der Waals surface area contributed by atoms with Gasteiger partial charge in [0.15, 0.2) is 6.29 Å². The van der Waals surface area contributed by atoms with Crippen molar-refractivity contribution < 1.29 is 32.9 Å². The normalized spacial score (nSPS) is 18.0. The summed E-state index contributed by atoms with van der Waals surface area (Å²) in [6.07, 6.45) is -1.11. The van der Waals surface area contributed by atoms with Crippen LogP contribution in [0.3, 0.4) is 0 Å². The zero-order chi connectivity index (χ0) is 44.6. The van der Waals surface area contributed by atoms with Crippen molar-refractivity contribution in [2.24, 2.45) is 5.92 Å². The molecule has 2 heterocycles. The number of aryl methyl sites for hydroxylation is 1. The molecule has 1 amide bonds. The fraction of sp³-hybridized carbons (Fsp3) is 0.224. The molecule has 1 saturated heterocycles. The standard InChI is InChI=1S/C49H48N6O7S2/c1-32-11-25-43(26-12-32)64(59,60)52-44(28-34-7-4-3-5-8-34)47(58)50-29-36-9-6-10-40(27-36)37-17-19-39(20-18-37)48-61-45(33(2)46(62-48)38-15-13-35(30-56)14-16-38)31-63-49-51-53-54-55(49)41-21-23-42(57)24-22-41/h3-27,33,44-46,48,52,56-57H,28-31H2,1-2H3,(H,50,58)/t33-,44+,45+,46+,48+/m0/s1. The molecule has 7 aromatic rings. The number of ether oxygens (including phenoxy) is 2. The van der Waals surface area contributed by atoms with Crippen molar-refractivity contribution in [3.05, 3.63) is 185 Å². The number of hydrogen-bond donors (Lipinski definition) is 4. The first kappa shape index (κ1) is 44.4. The summed E-state index contributed by atoms with van der Waals surface area (Å²) in [4.78, 5) is 13.8. The quantitative estimate of drug-likeness (QED) is 0.0702. The number of thioether (sulfide) groups is 1. The summed E-state index contributed by atoms with van der Waals surface area (Å²) in [5, 5.41) is 35.3. The second-order valence-electron chi connectivity index (χ2n) is 15.7. The number of carbonyl (C=O) groups excluding carboxylic acids is 1. The first-order chi connectivity index (χ1) is 31.0. The SMILES string of the molecule is Cc1ccc(S(=O)(=O)N[C@H](Cc2ccccc2)C(=O)NCc2cccc(-c3ccc([C@@H]4O[C@H](CSc5nnnn5-c5ccc(O)cc5)[C@H](C)[C@H](c5ccc(CO)cc5)O4)cc3)c2)cc1. The summed E-state index contributed by atoms with van der Waals surface area (Å²) in [6.45, 7) is 4.11. The van der Waals surface area contributed by atoms with Crippen molar-refractivity contribution in [2.45, 2.75) is 68.0 Å². The number of tetrazole rings is 1. The highest BCUT2D eigenvalue weighted by molar-refractivity contribution is 7.99. The molecule has 1 aliphatic rings. The smallest absolute Gasteiger partial charge is 0.241 e. The van der Waals surface area contributed by atoms with Crippen LogP contribution in [0.4, 0.5) is 0 Å². The fourth-order valence-electron chi connectivity index (χ4n) is 7.51. The highest BCUT2D eigenvalue weighted by Crippen LogP contribution is 2.43. The van der Waals surface area contributed by atoms with Crippen LogP contribution in [0.2, 0.25) is 0 Å². The van der Waals surface area contributed by atoms with Crippen molar-refractivity contribution in [3.8, 4) is 22.6 Å². The molecule has 15 heteroatoms. The predicted molar refractivity (Wildman–Crippen MR) is 244 cm³/mol. The van der Waals surface area contributed by atoms with Crippen LogP contribution in [-0.2, 0) is 43.9 Å². The minimum Gasteiger partial charge on any atom is -0.508 e. The van der Waals surface area contributed by atoms with Gasteiger partial charge in [0.1, 0.15) is 11.8 Å². The number of aromatic hydroxyl groups is 1. The Hall–Kier alpha value is -6.20. The Balaban J connectivity index is 0.966. The molecule has 5 atom stereocenters. The number of benzene rings is 6. The zero-order valence-electron chi connectivity index (χ0n) is 35.2. The van der Waals surface area contributed by atoms with Gasteiger partial charge in [-0.15, -0.1) is 5.10 Å². The second-order valence-corrected chi connectivity index (χ2v) is 18.4. The molecule has 0 bridgehead atoms. The largest absolute Gasteiger partial charge is 0.508 e. The number of phenolic OH excluding ortho intramolecular Hbond substituents is 1. The molecule has 4 N–H and O–H groups in total. The number of phenols is 1. The molecule has 1 aromatic heterocycles. The highest BCUT2D eigenvalue weighted by Gasteiger charge is 2.39. The van der Waals surface area contributed by atoms with Gasteiger partial charge < -0.3 is 25.0 Å². The van der Waals surface area contributed by atoms with Crippen LogP contribution in [0.5, 0.6) is 5.75 Å². The van der Waals surface area contributed by atoms with E-state index in [1.165, 1.54) is 23.9 Å². The lowest BCUT2D eigenvalue weighted by atomic mass is 9.91. The number of nitrogens with one attached hydrogen (secondary N) is 2. The van der Waals surface area contributed by atoms with Crippen LogP contribution < -0.4 is 10.0 Å².